The molecule has 1 amide bonds. The van der Waals surface area contributed by atoms with Crippen molar-refractivity contribution in [3.63, 3.8) is 0 Å². The number of ether oxygens (including phenoxy) is 1. The van der Waals surface area contributed by atoms with Crippen LogP contribution in [-0.2, 0) is 22.9 Å². The predicted octanol–water partition coefficient (Wildman–Crippen LogP) is 5.16. The van der Waals surface area contributed by atoms with Crippen molar-refractivity contribution in [2.45, 2.75) is 58.7 Å². The Morgan fingerprint density at radius 1 is 1.18 bits per heavy atom. The number of aromatic nitrogens is 1. The van der Waals surface area contributed by atoms with Gasteiger partial charge in [-0.3, -0.25) is 4.79 Å². The Balaban J connectivity index is 1.81. The normalized spacial score (nSPS) is 18.2. The van der Waals surface area contributed by atoms with E-state index in [0.717, 1.165) is 42.1 Å². The maximum absolute atomic E-state index is 13.5. The number of hydrogen-bond donors (Lipinski definition) is 0. The monoisotopic (exact) mass is 481 g/mol. The predicted molar refractivity (Wildman–Crippen MR) is 123 cm³/mol. The molecule has 1 aromatic heterocycles. The lowest BCUT2D eigenvalue weighted by atomic mass is 9.93. The summed E-state index contributed by atoms with van der Waals surface area (Å²) in [4.78, 5) is 21.4. The van der Waals surface area contributed by atoms with Crippen molar-refractivity contribution in [2.75, 3.05) is 31.2 Å². The molecule has 2 aromatic rings. The van der Waals surface area contributed by atoms with Crippen molar-refractivity contribution in [1.82, 2.24) is 4.57 Å². The summed E-state index contributed by atoms with van der Waals surface area (Å²) in [5.41, 5.74) is 0.558. The minimum absolute atomic E-state index is 0.0203. The van der Waals surface area contributed by atoms with Gasteiger partial charge in [0.05, 0.1) is 24.3 Å². The number of rotatable bonds is 4. The maximum atomic E-state index is 13.5. The molecule has 1 saturated heterocycles. The molecule has 2 fully saturated rings. The number of halogens is 3. The first kappa shape index (κ1) is 24.0. The summed E-state index contributed by atoms with van der Waals surface area (Å²) in [7, 11) is 0. The summed E-state index contributed by atoms with van der Waals surface area (Å²) in [5.74, 6) is -0.0773. The van der Waals surface area contributed by atoms with Crippen molar-refractivity contribution in [3.8, 4) is 0 Å². The Hall–Kier alpha value is -2.13. The smallest absolute Gasteiger partial charge is 0.378 e. The largest absolute Gasteiger partial charge is 0.416 e. The van der Waals surface area contributed by atoms with E-state index < -0.39 is 17.6 Å². The summed E-state index contributed by atoms with van der Waals surface area (Å²) >= 11 is 1.46. The van der Waals surface area contributed by atoms with Crippen molar-refractivity contribution in [1.29, 1.82) is 0 Å². The first-order chi connectivity index (χ1) is 15.4. The van der Waals surface area contributed by atoms with Crippen LogP contribution in [0.1, 0.15) is 60.1 Å². The fourth-order valence-electron chi connectivity index (χ4n) is 4.15. The highest BCUT2D eigenvalue weighted by Gasteiger charge is 2.33. The quantitative estimate of drug-likeness (QED) is 0.606. The van der Waals surface area contributed by atoms with E-state index in [1.54, 1.807) is 0 Å². The molecule has 33 heavy (non-hydrogen) atoms. The lowest BCUT2D eigenvalue weighted by Gasteiger charge is -2.30. The highest BCUT2D eigenvalue weighted by Crippen LogP contribution is 2.35. The summed E-state index contributed by atoms with van der Waals surface area (Å²) in [6.07, 6.45) is -2.24. The van der Waals surface area contributed by atoms with Gasteiger partial charge in [0.15, 0.2) is 4.80 Å². The maximum Gasteiger partial charge on any atom is 0.416 e. The highest BCUT2D eigenvalue weighted by molar-refractivity contribution is 7.09. The van der Waals surface area contributed by atoms with E-state index in [0.29, 0.717) is 42.7 Å². The second-order valence-electron chi connectivity index (χ2n) is 9.85. The molecule has 0 bridgehead atoms. The number of nitrogens with zero attached hydrogens (tertiary/aromatic N) is 3. The number of benzene rings is 1. The average Bonchev–Trinajstić information content (AvgIpc) is 3.52. The number of morpholine rings is 1. The van der Waals surface area contributed by atoms with Crippen LogP contribution >= 0.6 is 11.3 Å². The van der Waals surface area contributed by atoms with E-state index in [1.807, 2.05) is 11.8 Å². The average molecular weight is 482 g/mol. The third-order valence-corrected chi connectivity index (χ3v) is 7.69. The van der Waals surface area contributed by atoms with Crippen molar-refractivity contribution >= 4 is 22.9 Å². The van der Waals surface area contributed by atoms with E-state index in [-0.39, 0.29) is 11.0 Å². The van der Waals surface area contributed by atoms with Crippen molar-refractivity contribution in [2.24, 2.45) is 10.9 Å². The van der Waals surface area contributed by atoms with Crippen LogP contribution in [0.3, 0.4) is 0 Å². The zero-order valence-corrected chi connectivity index (χ0v) is 20.3. The zero-order chi connectivity index (χ0) is 24.0. The Bertz CT molecular complexity index is 1100. The van der Waals surface area contributed by atoms with Gasteiger partial charge in [-0.1, -0.05) is 20.8 Å². The molecular formula is C24H30F3N3O2S. The summed E-state index contributed by atoms with van der Waals surface area (Å²) in [6, 6.07) is 3.35. The Morgan fingerprint density at radius 3 is 2.42 bits per heavy atom. The summed E-state index contributed by atoms with van der Waals surface area (Å²) < 4.78 is 47.8. The molecule has 0 unspecified atom stereocenters. The summed E-state index contributed by atoms with van der Waals surface area (Å²) in [6.45, 7) is 11.1. The van der Waals surface area contributed by atoms with Crippen molar-refractivity contribution < 1.29 is 22.7 Å². The Labute approximate surface area is 195 Å². The molecule has 9 heteroatoms. The molecule has 2 heterocycles. The van der Waals surface area contributed by atoms with Crippen LogP contribution in [0.2, 0.25) is 0 Å². The first-order valence-electron chi connectivity index (χ1n) is 11.3. The van der Waals surface area contributed by atoms with Crippen LogP contribution in [-0.4, -0.2) is 36.8 Å². The van der Waals surface area contributed by atoms with Gasteiger partial charge in [0.1, 0.15) is 0 Å². The van der Waals surface area contributed by atoms with Gasteiger partial charge in [-0.15, -0.1) is 11.3 Å². The van der Waals surface area contributed by atoms with Crippen LogP contribution in [0.5, 0.6) is 0 Å². The number of thiazole rings is 1. The third kappa shape index (κ3) is 5.35. The number of carbonyl (C=O) groups is 1. The van der Waals surface area contributed by atoms with E-state index in [2.05, 4.69) is 30.3 Å². The Kier molecular flexibility index (Phi) is 6.48. The number of carbonyl (C=O) groups excluding carboxylic acids is 1. The van der Waals surface area contributed by atoms with E-state index >= 15 is 0 Å². The minimum Gasteiger partial charge on any atom is -0.378 e. The van der Waals surface area contributed by atoms with Gasteiger partial charge < -0.3 is 14.2 Å². The fraction of sp³-hybridized carbons (Fsp3) is 0.583. The molecule has 0 spiro atoms. The van der Waals surface area contributed by atoms with Gasteiger partial charge in [0.2, 0.25) is 0 Å². The molecule has 0 radical (unpaired) electrons. The molecule has 0 atom stereocenters. The molecular weight excluding hydrogens is 451 g/mol. The molecule has 4 rings (SSSR count). The van der Waals surface area contributed by atoms with Crippen LogP contribution < -0.4 is 9.70 Å². The van der Waals surface area contributed by atoms with Gasteiger partial charge in [-0.25, -0.2) is 0 Å². The standard InChI is InChI=1S/C24H30F3N3O2S/c1-15-20(23(2,3)4)33-22(30(15)14-16-5-6-16)28-21(31)18-13-17(24(25,26)27)7-8-19(18)29-9-11-32-12-10-29/h7-8,13,16H,5-6,9-12,14H2,1-4H3. The summed E-state index contributed by atoms with van der Waals surface area (Å²) in [5, 5.41) is 0. The van der Waals surface area contributed by atoms with Crippen molar-refractivity contribution in [3.05, 3.63) is 44.7 Å². The lowest BCUT2D eigenvalue weighted by molar-refractivity contribution is -0.137. The zero-order valence-electron chi connectivity index (χ0n) is 19.5. The van der Waals surface area contributed by atoms with Crippen LogP contribution in [0.4, 0.5) is 18.9 Å². The van der Waals surface area contributed by atoms with Gasteiger partial charge in [0.25, 0.3) is 5.91 Å². The van der Waals surface area contributed by atoms with E-state index in [1.165, 1.54) is 17.4 Å². The lowest BCUT2D eigenvalue weighted by Crippen LogP contribution is -2.37. The van der Waals surface area contributed by atoms with Crippen LogP contribution in [0, 0.1) is 12.8 Å². The van der Waals surface area contributed by atoms with Gasteiger partial charge in [-0.05, 0) is 49.3 Å². The topological polar surface area (TPSA) is 46.8 Å². The molecule has 2 aliphatic rings. The number of anilines is 1. The van der Waals surface area contributed by atoms with Gasteiger partial charge >= 0.3 is 6.18 Å². The number of amides is 1. The van der Waals surface area contributed by atoms with Gasteiger partial charge in [-0.2, -0.15) is 18.2 Å². The van der Waals surface area contributed by atoms with E-state index in [9.17, 15) is 18.0 Å². The molecule has 180 valence electrons. The minimum atomic E-state index is -4.54. The second kappa shape index (κ2) is 8.91. The van der Waals surface area contributed by atoms with Crippen LogP contribution in [0.25, 0.3) is 0 Å². The van der Waals surface area contributed by atoms with Gasteiger partial charge in [0, 0.05) is 35.9 Å². The molecule has 1 aromatic carbocycles. The third-order valence-electron chi connectivity index (χ3n) is 6.08. The first-order valence-corrected chi connectivity index (χ1v) is 12.1. The highest BCUT2D eigenvalue weighted by atomic mass is 32.1. The Morgan fingerprint density at radius 2 is 1.85 bits per heavy atom. The second-order valence-corrected chi connectivity index (χ2v) is 10.8. The SMILES string of the molecule is Cc1c(C(C)(C)C)sc(=NC(=O)c2cc(C(F)(F)F)ccc2N2CCOCC2)n1CC1CC1. The number of hydrogen-bond acceptors (Lipinski definition) is 4. The molecule has 1 aliphatic heterocycles. The molecule has 1 aliphatic carbocycles. The molecule has 0 N–H and O–H groups in total. The fourth-order valence-corrected chi connectivity index (χ4v) is 5.35. The number of alkyl halides is 3. The molecule has 1 saturated carbocycles. The van der Waals surface area contributed by atoms with Crippen LogP contribution in [0.15, 0.2) is 23.2 Å². The molecule has 5 nitrogen and oxygen atoms in total. The van der Waals surface area contributed by atoms with E-state index in [4.69, 9.17) is 4.74 Å².